The zero-order chi connectivity index (χ0) is 19.4. The molecule has 0 saturated carbocycles. The summed E-state index contributed by atoms with van der Waals surface area (Å²) < 4.78 is 0. The van der Waals surface area contributed by atoms with Crippen LogP contribution in [-0.4, -0.2) is 47.3 Å². The third-order valence-corrected chi connectivity index (χ3v) is 5.36. The molecule has 0 bridgehead atoms. The van der Waals surface area contributed by atoms with Gasteiger partial charge in [0, 0.05) is 35.3 Å². The number of hydrogen-bond acceptors (Lipinski definition) is 7. The van der Waals surface area contributed by atoms with E-state index >= 15 is 0 Å². The summed E-state index contributed by atoms with van der Waals surface area (Å²) in [6, 6.07) is 12.3. The van der Waals surface area contributed by atoms with Crippen molar-refractivity contribution < 1.29 is 19.2 Å². The molecule has 0 unspecified atom stereocenters. The first-order chi connectivity index (χ1) is 12.9. The van der Waals surface area contributed by atoms with Crippen LogP contribution in [0.5, 0.6) is 0 Å². The van der Waals surface area contributed by atoms with Gasteiger partial charge in [0.05, 0.1) is 0 Å². The fraction of sp³-hybridized carbons (Fsp3) is 0.200. The summed E-state index contributed by atoms with van der Waals surface area (Å²) in [5, 5.41) is 2.78. The maximum absolute atomic E-state index is 13.4. The predicted molar refractivity (Wildman–Crippen MR) is 96.9 cm³/mol. The number of carbonyl (C=O) groups is 4. The molecule has 0 fully saturated rings. The molecule has 0 aromatic heterocycles. The number of benzene rings is 2. The zero-order valence-electron chi connectivity index (χ0n) is 14.3. The molecule has 0 amide bonds. The molecule has 5 N–H and O–H groups in total. The van der Waals surface area contributed by atoms with Gasteiger partial charge in [-0.05, 0) is 0 Å². The number of carbonyl (C=O) groups excluding carboxylic acids is 4. The Morgan fingerprint density at radius 3 is 1.44 bits per heavy atom. The van der Waals surface area contributed by atoms with Crippen LogP contribution in [0, 0.1) is 0 Å². The highest BCUT2D eigenvalue weighted by molar-refractivity contribution is 6.45. The van der Waals surface area contributed by atoms with E-state index in [1.54, 1.807) is 24.3 Å². The van der Waals surface area contributed by atoms with Crippen molar-refractivity contribution in [2.45, 2.75) is 11.1 Å². The molecule has 27 heavy (non-hydrogen) atoms. The van der Waals surface area contributed by atoms with E-state index < -0.39 is 34.2 Å². The Labute approximate surface area is 154 Å². The molecule has 0 saturated heterocycles. The van der Waals surface area contributed by atoms with Crippen LogP contribution in [-0.2, 0) is 0 Å². The van der Waals surface area contributed by atoms with Gasteiger partial charge >= 0.3 is 0 Å². The topological polar surface area (TPSA) is 132 Å². The van der Waals surface area contributed by atoms with Gasteiger partial charge in [0.25, 0.3) is 0 Å². The van der Waals surface area contributed by atoms with Crippen LogP contribution in [0.15, 0.2) is 48.5 Å². The monoisotopic (exact) mass is 363 g/mol. The number of hydrogen-bond donors (Lipinski definition) is 3. The van der Waals surface area contributed by atoms with E-state index in [-0.39, 0.29) is 35.3 Å². The molecule has 0 heterocycles. The first-order valence-corrected chi connectivity index (χ1v) is 8.52. The van der Waals surface area contributed by atoms with Crippen molar-refractivity contribution in [1.82, 2.24) is 5.32 Å². The van der Waals surface area contributed by atoms with Crippen molar-refractivity contribution in [1.29, 1.82) is 0 Å². The minimum atomic E-state index is -2.38. The summed E-state index contributed by atoms with van der Waals surface area (Å²) in [6.07, 6.45) is 0. The number of Topliss-reactive ketones (excluding diaryl/α,β-unsaturated/α-hetero) is 4. The SMILES string of the molecule is NCCNC1(C2(N)C(=O)c3ccccc3C2=O)C(=O)c2ccccc2C1=O. The molecule has 2 aromatic carbocycles. The molecular formula is C20H17N3O4. The molecule has 0 atom stereocenters. The van der Waals surface area contributed by atoms with Crippen molar-refractivity contribution >= 4 is 23.1 Å². The second-order valence-corrected chi connectivity index (χ2v) is 6.68. The average Bonchev–Trinajstić information content (AvgIpc) is 3.04. The average molecular weight is 363 g/mol. The van der Waals surface area contributed by atoms with Crippen molar-refractivity contribution in [3.63, 3.8) is 0 Å². The Morgan fingerprint density at radius 1 is 0.704 bits per heavy atom. The summed E-state index contributed by atoms with van der Waals surface area (Å²) in [5.74, 6) is -2.87. The van der Waals surface area contributed by atoms with Crippen LogP contribution in [0.2, 0.25) is 0 Å². The Hall–Kier alpha value is -3.00. The number of fused-ring (bicyclic) bond motifs is 2. The lowest BCUT2D eigenvalue weighted by Gasteiger charge is -2.39. The lowest BCUT2D eigenvalue weighted by Crippen LogP contribution is -2.78. The number of nitrogens with one attached hydrogen (secondary N) is 1. The number of nitrogens with two attached hydrogens (primary N) is 2. The summed E-state index contributed by atoms with van der Waals surface area (Å²) >= 11 is 0. The Morgan fingerprint density at radius 2 is 1.07 bits per heavy atom. The summed E-state index contributed by atoms with van der Waals surface area (Å²) in [6.45, 7) is 0.116. The van der Waals surface area contributed by atoms with E-state index in [1.807, 2.05) is 0 Å². The Bertz CT molecular complexity index is 957. The van der Waals surface area contributed by atoms with E-state index in [4.69, 9.17) is 11.5 Å². The maximum Gasteiger partial charge on any atom is 0.194 e. The summed E-state index contributed by atoms with van der Waals surface area (Å²) in [5.41, 5.74) is 7.84. The van der Waals surface area contributed by atoms with Gasteiger partial charge in [-0.2, -0.15) is 0 Å². The van der Waals surface area contributed by atoms with Crippen LogP contribution in [0.1, 0.15) is 41.4 Å². The first kappa shape index (κ1) is 17.4. The molecule has 7 heteroatoms. The molecule has 2 aliphatic carbocycles. The van der Waals surface area contributed by atoms with Crippen molar-refractivity contribution in [3.05, 3.63) is 70.8 Å². The zero-order valence-corrected chi connectivity index (χ0v) is 14.3. The Balaban J connectivity index is 1.98. The van der Waals surface area contributed by atoms with Crippen LogP contribution >= 0.6 is 0 Å². The fourth-order valence-corrected chi connectivity index (χ4v) is 4.05. The smallest absolute Gasteiger partial charge is 0.194 e. The van der Waals surface area contributed by atoms with E-state index in [0.717, 1.165) is 0 Å². The van der Waals surface area contributed by atoms with Gasteiger partial charge in [0.15, 0.2) is 34.2 Å². The minimum absolute atomic E-state index is 0.0291. The fourth-order valence-electron chi connectivity index (χ4n) is 4.05. The lowest BCUT2D eigenvalue weighted by molar-refractivity contribution is 0.0529. The minimum Gasteiger partial charge on any atom is -0.329 e. The van der Waals surface area contributed by atoms with Gasteiger partial charge in [-0.15, -0.1) is 0 Å². The lowest BCUT2D eigenvalue weighted by atomic mass is 9.70. The molecule has 0 spiro atoms. The van der Waals surface area contributed by atoms with Crippen LogP contribution in [0.4, 0.5) is 0 Å². The molecule has 136 valence electrons. The molecule has 0 aliphatic heterocycles. The highest BCUT2D eigenvalue weighted by atomic mass is 16.2. The maximum atomic E-state index is 13.4. The normalized spacial score (nSPS) is 19.3. The van der Waals surface area contributed by atoms with Crippen molar-refractivity contribution in [3.8, 4) is 0 Å². The second-order valence-electron chi connectivity index (χ2n) is 6.68. The van der Waals surface area contributed by atoms with E-state index in [9.17, 15) is 19.2 Å². The molecule has 7 nitrogen and oxygen atoms in total. The quantitative estimate of drug-likeness (QED) is 0.658. The van der Waals surface area contributed by atoms with Crippen LogP contribution in [0.25, 0.3) is 0 Å². The van der Waals surface area contributed by atoms with Gasteiger partial charge in [-0.3, -0.25) is 24.5 Å². The van der Waals surface area contributed by atoms with Gasteiger partial charge in [0.2, 0.25) is 0 Å². The summed E-state index contributed by atoms with van der Waals surface area (Å²) in [4.78, 5) is 53.1. The standard InChI is InChI=1S/C20H17N3O4/c21-9-10-23-20(17(26)13-7-3-4-8-14(13)18(20)27)19(22)15(24)11-5-1-2-6-12(11)16(19)25/h1-8,23H,9-10,21-22H2. The molecular weight excluding hydrogens is 346 g/mol. The van der Waals surface area contributed by atoms with Crippen LogP contribution < -0.4 is 16.8 Å². The van der Waals surface area contributed by atoms with Crippen molar-refractivity contribution in [2.24, 2.45) is 11.5 Å². The molecule has 4 rings (SSSR count). The van der Waals surface area contributed by atoms with Gasteiger partial charge in [-0.1, -0.05) is 48.5 Å². The number of ketones is 4. The van der Waals surface area contributed by atoms with Gasteiger partial charge in [0.1, 0.15) is 0 Å². The van der Waals surface area contributed by atoms with E-state index in [0.29, 0.717) is 0 Å². The molecule has 2 aliphatic rings. The van der Waals surface area contributed by atoms with Gasteiger partial charge < -0.3 is 11.5 Å². The predicted octanol–water partition coefficient (Wildman–Crippen LogP) is 0.129. The highest BCUT2D eigenvalue weighted by Crippen LogP contribution is 2.43. The van der Waals surface area contributed by atoms with E-state index in [1.165, 1.54) is 24.3 Å². The van der Waals surface area contributed by atoms with Crippen molar-refractivity contribution in [2.75, 3.05) is 13.1 Å². The number of rotatable bonds is 4. The first-order valence-electron chi connectivity index (χ1n) is 8.52. The second kappa shape index (κ2) is 5.75. The van der Waals surface area contributed by atoms with Crippen LogP contribution in [0.3, 0.4) is 0 Å². The third kappa shape index (κ3) is 1.90. The highest BCUT2D eigenvalue weighted by Gasteiger charge is 2.72. The van der Waals surface area contributed by atoms with Gasteiger partial charge in [-0.25, -0.2) is 0 Å². The summed E-state index contributed by atoms with van der Waals surface area (Å²) in [7, 11) is 0. The van der Waals surface area contributed by atoms with E-state index in [2.05, 4.69) is 5.32 Å². The largest absolute Gasteiger partial charge is 0.329 e. The molecule has 2 aromatic rings. The Kier molecular flexibility index (Phi) is 3.71. The molecule has 0 radical (unpaired) electrons. The third-order valence-electron chi connectivity index (χ3n) is 5.36.